The van der Waals surface area contributed by atoms with Crippen LogP contribution in [0.5, 0.6) is 0 Å². The highest BCUT2D eigenvalue weighted by molar-refractivity contribution is 7.14. The van der Waals surface area contributed by atoms with Gasteiger partial charge in [0.05, 0.1) is 15.9 Å². The van der Waals surface area contributed by atoms with Crippen LogP contribution < -0.4 is 15.5 Å². The Labute approximate surface area is 259 Å². The molecule has 1 saturated heterocycles. The summed E-state index contributed by atoms with van der Waals surface area (Å²) in [5.74, 6) is 1.64. The van der Waals surface area contributed by atoms with E-state index >= 15 is 0 Å². The van der Waals surface area contributed by atoms with Gasteiger partial charge in [0.2, 0.25) is 17.8 Å². The molecule has 2 aliphatic rings. The number of hydrogen-bond donors (Lipinski definition) is 2. The normalized spacial score (nSPS) is 16.5. The Morgan fingerprint density at radius 2 is 1.88 bits per heavy atom. The second-order valence-corrected chi connectivity index (χ2v) is 13.7. The van der Waals surface area contributed by atoms with E-state index in [0.717, 1.165) is 60.4 Å². The second-order valence-electron chi connectivity index (χ2n) is 12.5. The average Bonchev–Trinajstić information content (AvgIpc) is 3.80. The van der Waals surface area contributed by atoms with Crippen molar-refractivity contribution in [2.24, 2.45) is 11.8 Å². The number of carbonyl (C=O) groups is 3. The lowest BCUT2D eigenvalue weighted by Gasteiger charge is -2.19. The third-order valence-corrected chi connectivity index (χ3v) is 10.2. The molecule has 232 valence electrons. The van der Waals surface area contributed by atoms with Crippen molar-refractivity contribution in [1.29, 1.82) is 0 Å². The summed E-state index contributed by atoms with van der Waals surface area (Å²) >= 11 is 1.48. The van der Waals surface area contributed by atoms with Crippen LogP contribution in [-0.2, 0) is 22.7 Å². The van der Waals surface area contributed by atoms with Crippen molar-refractivity contribution in [3.8, 4) is 0 Å². The number of likely N-dealkylation sites (tertiary alicyclic amines) is 1. The molecule has 2 N–H and O–H groups in total. The Balaban J connectivity index is 1.33. The zero-order chi connectivity index (χ0) is 30.5. The van der Waals surface area contributed by atoms with Gasteiger partial charge in [-0.25, -0.2) is 4.98 Å². The van der Waals surface area contributed by atoms with Gasteiger partial charge in [0.25, 0.3) is 5.91 Å². The van der Waals surface area contributed by atoms with Crippen LogP contribution in [0.25, 0.3) is 11.0 Å². The van der Waals surface area contributed by atoms with Crippen molar-refractivity contribution in [1.82, 2.24) is 19.8 Å². The van der Waals surface area contributed by atoms with Crippen LogP contribution in [0.15, 0.2) is 30.3 Å². The van der Waals surface area contributed by atoms with Gasteiger partial charge in [-0.05, 0) is 74.8 Å². The lowest BCUT2D eigenvalue weighted by molar-refractivity contribution is -0.127. The van der Waals surface area contributed by atoms with Gasteiger partial charge >= 0.3 is 0 Å². The Kier molecular flexibility index (Phi) is 10.2. The number of aromatic nitrogens is 2. The van der Waals surface area contributed by atoms with Gasteiger partial charge in [0.15, 0.2) is 0 Å². The molecule has 3 amide bonds. The third kappa shape index (κ3) is 7.65. The second kappa shape index (κ2) is 14.0. The lowest BCUT2D eigenvalue weighted by atomic mass is 10.0. The standard InChI is InChI=1S/C33H46N6O3S/c1-22(2)23(3)34-21-26-13-15-29(43-26)32(42)36-33-35-27-20-25(37(4)31(41)19-24-9-5-6-10-24)12-14-28(27)39(33)18-8-17-38-16-7-11-30(38)40/h12-15,20,22-24,34H,5-11,16-19,21H2,1-4H3,(H,35,36,42)/t23-/m1/s1. The van der Waals surface area contributed by atoms with Gasteiger partial charge in [0, 0.05) is 62.7 Å². The van der Waals surface area contributed by atoms with E-state index in [2.05, 4.69) is 31.4 Å². The number of carbonyl (C=O) groups excluding carboxylic acids is 3. The highest BCUT2D eigenvalue weighted by Crippen LogP contribution is 2.30. The molecule has 1 aromatic carbocycles. The smallest absolute Gasteiger partial charge is 0.268 e. The fraction of sp³-hybridized carbons (Fsp3) is 0.576. The fourth-order valence-corrected chi connectivity index (χ4v) is 6.86. The first kappa shape index (κ1) is 31.2. The molecule has 1 atom stereocenters. The summed E-state index contributed by atoms with van der Waals surface area (Å²) in [7, 11) is 1.83. The van der Waals surface area contributed by atoms with Crippen molar-refractivity contribution in [2.75, 3.05) is 30.4 Å². The first-order chi connectivity index (χ1) is 20.7. The van der Waals surface area contributed by atoms with Gasteiger partial charge in [0.1, 0.15) is 0 Å². The molecule has 0 bridgehead atoms. The molecule has 3 heterocycles. The van der Waals surface area contributed by atoms with E-state index in [1.165, 1.54) is 24.2 Å². The number of rotatable bonds is 13. The number of nitrogens with zero attached hydrogens (tertiary/aromatic N) is 4. The maximum absolute atomic E-state index is 13.4. The number of amides is 3. The largest absolute Gasteiger partial charge is 0.343 e. The van der Waals surface area contributed by atoms with Gasteiger partial charge in [-0.2, -0.15) is 0 Å². The molecule has 2 fully saturated rings. The van der Waals surface area contributed by atoms with E-state index in [9.17, 15) is 14.4 Å². The Morgan fingerprint density at radius 1 is 1.09 bits per heavy atom. The summed E-state index contributed by atoms with van der Waals surface area (Å²) in [5, 5.41) is 6.59. The maximum Gasteiger partial charge on any atom is 0.268 e. The molecule has 10 heteroatoms. The van der Waals surface area contributed by atoms with Crippen molar-refractivity contribution in [3.05, 3.63) is 40.1 Å². The van der Waals surface area contributed by atoms with Crippen LogP contribution in [0.2, 0.25) is 0 Å². The zero-order valence-electron chi connectivity index (χ0n) is 26.0. The van der Waals surface area contributed by atoms with E-state index < -0.39 is 0 Å². The molecule has 1 saturated carbocycles. The van der Waals surface area contributed by atoms with Crippen molar-refractivity contribution < 1.29 is 14.4 Å². The Bertz CT molecular complexity index is 1440. The Morgan fingerprint density at radius 3 is 2.60 bits per heavy atom. The Hall–Kier alpha value is -3.24. The van der Waals surface area contributed by atoms with Crippen molar-refractivity contribution >= 4 is 51.7 Å². The summed E-state index contributed by atoms with van der Waals surface area (Å²) in [6, 6.07) is 10.1. The van der Waals surface area contributed by atoms with Crippen molar-refractivity contribution in [3.63, 3.8) is 0 Å². The van der Waals surface area contributed by atoms with E-state index in [-0.39, 0.29) is 17.7 Å². The fourth-order valence-electron chi connectivity index (χ4n) is 6.01. The van der Waals surface area contributed by atoms with Crippen LogP contribution in [-0.4, -0.2) is 58.4 Å². The molecule has 9 nitrogen and oxygen atoms in total. The lowest BCUT2D eigenvalue weighted by Crippen LogP contribution is -2.29. The first-order valence-corrected chi connectivity index (χ1v) is 16.7. The topological polar surface area (TPSA) is 99.6 Å². The summed E-state index contributed by atoms with van der Waals surface area (Å²) < 4.78 is 2.03. The number of hydrogen-bond acceptors (Lipinski definition) is 6. The highest BCUT2D eigenvalue weighted by Gasteiger charge is 2.23. The minimum atomic E-state index is -0.191. The van der Waals surface area contributed by atoms with Crippen LogP contribution in [0.3, 0.4) is 0 Å². The summed E-state index contributed by atoms with van der Waals surface area (Å²) in [6.45, 7) is 9.37. The SMILES string of the molecule is CC(C)[C@@H](C)NCc1ccc(C(=O)Nc2nc3cc(N(C)C(=O)CC4CCCC4)ccc3n2CCCN2CCCC2=O)s1. The predicted molar refractivity (Wildman–Crippen MR) is 174 cm³/mol. The number of fused-ring (bicyclic) bond motifs is 1. The number of imidazole rings is 1. The number of aryl methyl sites for hydroxylation is 1. The molecule has 43 heavy (non-hydrogen) atoms. The molecular formula is C33H46N6O3S. The quantitative estimate of drug-likeness (QED) is 0.247. The minimum Gasteiger partial charge on any atom is -0.343 e. The maximum atomic E-state index is 13.4. The van der Waals surface area contributed by atoms with E-state index in [4.69, 9.17) is 4.98 Å². The van der Waals surface area contributed by atoms with Gasteiger partial charge in [-0.1, -0.05) is 26.7 Å². The first-order valence-electron chi connectivity index (χ1n) is 15.9. The zero-order valence-corrected chi connectivity index (χ0v) is 26.8. The van der Waals surface area contributed by atoms with Gasteiger partial charge < -0.3 is 19.7 Å². The predicted octanol–water partition coefficient (Wildman–Crippen LogP) is 6.04. The molecule has 3 aromatic rings. The van der Waals surface area contributed by atoms with Gasteiger partial charge in [-0.3, -0.25) is 19.7 Å². The number of benzene rings is 1. The summed E-state index contributed by atoms with van der Waals surface area (Å²) in [5.41, 5.74) is 2.42. The molecule has 0 spiro atoms. The highest BCUT2D eigenvalue weighted by atomic mass is 32.1. The van der Waals surface area contributed by atoms with Gasteiger partial charge in [-0.15, -0.1) is 11.3 Å². The summed E-state index contributed by atoms with van der Waals surface area (Å²) in [6.07, 6.45) is 7.57. The number of anilines is 2. The van der Waals surface area contributed by atoms with Crippen LogP contribution in [0.1, 0.15) is 86.7 Å². The third-order valence-electron chi connectivity index (χ3n) is 9.12. The van der Waals surface area contributed by atoms with E-state index in [1.807, 2.05) is 46.8 Å². The van der Waals surface area contributed by atoms with Crippen LogP contribution in [0.4, 0.5) is 11.6 Å². The van der Waals surface area contributed by atoms with Crippen LogP contribution in [0, 0.1) is 11.8 Å². The molecular weight excluding hydrogens is 560 g/mol. The van der Waals surface area contributed by atoms with E-state index in [1.54, 1.807) is 4.90 Å². The van der Waals surface area contributed by atoms with Crippen molar-refractivity contribution in [2.45, 2.75) is 91.3 Å². The van der Waals surface area contributed by atoms with E-state index in [0.29, 0.717) is 54.6 Å². The molecule has 0 unspecified atom stereocenters. The summed E-state index contributed by atoms with van der Waals surface area (Å²) in [4.78, 5) is 48.8. The average molecular weight is 607 g/mol. The monoisotopic (exact) mass is 606 g/mol. The molecule has 1 aliphatic carbocycles. The molecule has 5 rings (SSSR count). The van der Waals surface area contributed by atoms with Crippen LogP contribution >= 0.6 is 11.3 Å². The molecule has 1 aliphatic heterocycles. The number of nitrogens with one attached hydrogen (secondary N) is 2. The molecule has 2 aromatic heterocycles. The minimum absolute atomic E-state index is 0.125. The molecule has 0 radical (unpaired) electrons. The number of thiophene rings is 1.